The van der Waals surface area contributed by atoms with Crippen molar-refractivity contribution >= 4 is 18.7 Å². The summed E-state index contributed by atoms with van der Waals surface area (Å²) in [5, 5.41) is 3.16. The first-order valence-electron chi connectivity index (χ1n) is 17.8. The molecule has 9 heteroatoms. The average Bonchev–Trinajstić information content (AvgIpc) is 3.49. The van der Waals surface area contributed by atoms with Gasteiger partial charge in [0.1, 0.15) is 5.82 Å². The Kier molecular flexibility index (Phi) is 10.2. The molecule has 264 valence electrons. The van der Waals surface area contributed by atoms with E-state index in [1.165, 1.54) is 12.1 Å². The molecule has 4 aromatic rings. The standard InChI is InChI=1S/C41H50BFN2O5/c1-27(2)36-35(38(46)44-31-17-13-10-14-18-31)34(28-15-11-9-12-16-28)37(29-19-21-30(43)22-20-29)45(36)24-23-32-25-33(48-41(7,8)47-32)26-42-49-39(3,4)40(5,6)50-42/h9-22,27,32-33H,23-26H2,1-8H3,(H,44,46). The summed E-state index contributed by atoms with van der Waals surface area (Å²) in [6.07, 6.45) is 1.68. The second-order valence-electron chi connectivity index (χ2n) is 15.3. The molecule has 0 aliphatic carbocycles. The molecule has 0 spiro atoms. The third-order valence-corrected chi connectivity index (χ3v) is 10.1. The molecular weight excluding hydrogens is 630 g/mol. The van der Waals surface area contributed by atoms with Gasteiger partial charge < -0.3 is 28.7 Å². The molecular formula is C41H50BFN2O5. The van der Waals surface area contributed by atoms with Crippen molar-refractivity contribution in [1.82, 2.24) is 4.57 Å². The van der Waals surface area contributed by atoms with Gasteiger partial charge in [0.2, 0.25) is 0 Å². The van der Waals surface area contributed by atoms with E-state index in [1.807, 2.05) is 74.5 Å². The molecule has 1 N–H and O–H groups in total. The van der Waals surface area contributed by atoms with E-state index in [9.17, 15) is 9.18 Å². The quantitative estimate of drug-likeness (QED) is 0.169. The van der Waals surface area contributed by atoms with Crippen LogP contribution in [0.25, 0.3) is 22.4 Å². The van der Waals surface area contributed by atoms with E-state index in [0.717, 1.165) is 28.1 Å². The summed E-state index contributed by atoms with van der Waals surface area (Å²) in [6, 6.07) is 26.0. The highest BCUT2D eigenvalue weighted by Crippen LogP contribution is 2.44. The van der Waals surface area contributed by atoms with Crippen molar-refractivity contribution in [3.8, 4) is 22.4 Å². The molecule has 2 fully saturated rings. The lowest BCUT2D eigenvalue weighted by Crippen LogP contribution is -2.46. The fourth-order valence-corrected chi connectivity index (χ4v) is 7.30. The number of benzene rings is 3. The van der Waals surface area contributed by atoms with Crippen LogP contribution in [0.4, 0.5) is 10.1 Å². The Hall–Kier alpha value is -3.76. The molecule has 50 heavy (non-hydrogen) atoms. The van der Waals surface area contributed by atoms with Gasteiger partial charge >= 0.3 is 7.12 Å². The summed E-state index contributed by atoms with van der Waals surface area (Å²) < 4.78 is 42.2. The highest BCUT2D eigenvalue weighted by Gasteiger charge is 2.52. The van der Waals surface area contributed by atoms with Gasteiger partial charge in [0.25, 0.3) is 5.91 Å². The molecule has 2 aliphatic heterocycles. The van der Waals surface area contributed by atoms with E-state index in [4.69, 9.17) is 18.8 Å². The lowest BCUT2D eigenvalue weighted by molar-refractivity contribution is -0.297. The first kappa shape index (κ1) is 36.0. The van der Waals surface area contributed by atoms with Crippen LogP contribution in [-0.4, -0.2) is 46.8 Å². The number of nitrogens with one attached hydrogen (secondary N) is 1. The van der Waals surface area contributed by atoms with Gasteiger partial charge in [-0.15, -0.1) is 0 Å². The van der Waals surface area contributed by atoms with Gasteiger partial charge in [-0.1, -0.05) is 62.4 Å². The van der Waals surface area contributed by atoms with Gasteiger partial charge in [-0.3, -0.25) is 4.79 Å². The molecule has 2 unspecified atom stereocenters. The molecule has 2 aliphatic rings. The van der Waals surface area contributed by atoms with E-state index in [2.05, 4.69) is 51.4 Å². The van der Waals surface area contributed by atoms with Crippen molar-refractivity contribution in [2.75, 3.05) is 5.32 Å². The Morgan fingerprint density at radius 2 is 1.42 bits per heavy atom. The van der Waals surface area contributed by atoms with Gasteiger partial charge in [-0.05, 0) is 108 Å². The fraction of sp³-hybridized carbons (Fsp3) is 0.439. The third kappa shape index (κ3) is 7.61. The predicted octanol–water partition coefficient (Wildman–Crippen LogP) is 9.73. The minimum absolute atomic E-state index is 0.00801. The molecule has 1 aromatic heterocycles. The molecule has 2 saturated heterocycles. The zero-order chi connectivity index (χ0) is 35.8. The number of halogens is 1. The number of hydrogen-bond donors (Lipinski definition) is 1. The minimum atomic E-state index is -0.801. The summed E-state index contributed by atoms with van der Waals surface area (Å²) in [5.74, 6) is -1.31. The smallest absolute Gasteiger partial charge is 0.403 e. The molecule has 0 radical (unpaired) electrons. The maximum absolute atomic E-state index is 14.4. The first-order valence-corrected chi connectivity index (χ1v) is 17.8. The van der Waals surface area contributed by atoms with Crippen molar-refractivity contribution in [3.63, 3.8) is 0 Å². The highest BCUT2D eigenvalue weighted by molar-refractivity contribution is 6.45. The second kappa shape index (κ2) is 14.1. The monoisotopic (exact) mass is 680 g/mol. The average molecular weight is 681 g/mol. The Bertz CT molecular complexity index is 1770. The number of aromatic nitrogens is 1. The molecule has 7 nitrogen and oxygen atoms in total. The maximum atomic E-state index is 14.4. The van der Waals surface area contributed by atoms with Gasteiger partial charge in [0.05, 0.1) is 34.7 Å². The Morgan fingerprint density at radius 1 is 0.840 bits per heavy atom. The maximum Gasteiger partial charge on any atom is 0.460 e. The SMILES string of the molecule is CC(C)c1c(C(=O)Nc2ccccc2)c(-c2ccccc2)c(-c2ccc(F)cc2)n1CCC1CC(CB2OC(C)(C)C(C)(C)O2)OC(C)(C)O1. The van der Waals surface area contributed by atoms with Gasteiger partial charge in [-0.2, -0.15) is 0 Å². The van der Waals surface area contributed by atoms with Crippen LogP contribution in [0, 0.1) is 5.82 Å². The Balaban J connectivity index is 1.39. The van der Waals surface area contributed by atoms with E-state index in [-0.39, 0.29) is 37.0 Å². The summed E-state index contributed by atoms with van der Waals surface area (Å²) in [7, 11) is -0.374. The highest BCUT2D eigenvalue weighted by atomic mass is 19.1. The lowest BCUT2D eigenvalue weighted by atomic mass is 9.79. The fourth-order valence-electron chi connectivity index (χ4n) is 7.30. The van der Waals surface area contributed by atoms with Gasteiger partial charge in [0, 0.05) is 29.8 Å². The van der Waals surface area contributed by atoms with Crippen molar-refractivity contribution in [3.05, 3.63) is 102 Å². The molecule has 2 atom stereocenters. The van der Waals surface area contributed by atoms with Crippen molar-refractivity contribution in [2.24, 2.45) is 0 Å². The van der Waals surface area contributed by atoms with Crippen LogP contribution < -0.4 is 5.32 Å². The number of nitrogens with zero attached hydrogens (tertiary/aromatic N) is 1. The topological polar surface area (TPSA) is 71.0 Å². The zero-order valence-electron chi connectivity index (χ0n) is 30.6. The van der Waals surface area contributed by atoms with Crippen LogP contribution in [0.5, 0.6) is 0 Å². The summed E-state index contributed by atoms with van der Waals surface area (Å²) in [5.41, 5.74) is 4.84. The number of amides is 1. The van der Waals surface area contributed by atoms with Crippen LogP contribution in [0.3, 0.4) is 0 Å². The lowest BCUT2D eigenvalue weighted by Gasteiger charge is -2.41. The number of ether oxygens (including phenoxy) is 2. The molecule has 1 amide bonds. The molecule has 3 aromatic carbocycles. The summed E-state index contributed by atoms with van der Waals surface area (Å²) >= 11 is 0. The number of carbonyl (C=O) groups is 1. The molecule has 3 heterocycles. The number of rotatable bonds is 10. The van der Waals surface area contributed by atoms with Gasteiger partial charge in [0.15, 0.2) is 5.79 Å². The van der Waals surface area contributed by atoms with Crippen molar-refractivity contribution in [2.45, 2.75) is 116 Å². The van der Waals surface area contributed by atoms with Crippen LogP contribution in [0.2, 0.25) is 6.32 Å². The van der Waals surface area contributed by atoms with E-state index >= 15 is 0 Å². The summed E-state index contributed by atoms with van der Waals surface area (Å²) in [6.45, 7) is 16.9. The number of carbonyl (C=O) groups excluding carboxylic acids is 1. The van der Waals surface area contributed by atoms with Crippen LogP contribution in [0.1, 0.15) is 90.2 Å². The molecule has 6 rings (SSSR count). The van der Waals surface area contributed by atoms with Crippen molar-refractivity contribution in [1.29, 1.82) is 0 Å². The van der Waals surface area contributed by atoms with Crippen LogP contribution in [-0.2, 0) is 25.3 Å². The minimum Gasteiger partial charge on any atom is -0.403 e. The predicted molar refractivity (Wildman–Crippen MR) is 198 cm³/mol. The normalized spacial score (nSPS) is 21.0. The van der Waals surface area contributed by atoms with E-state index in [0.29, 0.717) is 37.0 Å². The largest absolute Gasteiger partial charge is 0.460 e. The third-order valence-electron chi connectivity index (χ3n) is 10.1. The number of anilines is 1. The van der Waals surface area contributed by atoms with E-state index in [1.54, 1.807) is 12.1 Å². The zero-order valence-corrected chi connectivity index (χ0v) is 30.6. The Morgan fingerprint density at radius 3 is 2.02 bits per heavy atom. The van der Waals surface area contributed by atoms with Crippen LogP contribution in [0.15, 0.2) is 84.9 Å². The Labute approximate surface area is 296 Å². The number of hydrogen-bond acceptors (Lipinski definition) is 5. The van der Waals surface area contributed by atoms with Gasteiger partial charge in [-0.25, -0.2) is 4.39 Å². The molecule has 0 saturated carbocycles. The van der Waals surface area contributed by atoms with Crippen molar-refractivity contribution < 1.29 is 28.0 Å². The first-order chi connectivity index (χ1) is 23.6. The molecule has 0 bridgehead atoms. The summed E-state index contributed by atoms with van der Waals surface area (Å²) in [4.78, 5) is 14.4. The second-order valence-corrected chi connectivity index (χ2v) is 15.3. The van der Waals surface area contributed by atoms with Crippen LogP contribution >= 0.6 is 0 Å². The number of para-hydroxylation sites is 1. The van der Waals surface area contributed by atoms with E-state index < -0.39 is 17.0 Å².